The molecule has 0 aliphatic rings. The van der Waals surface area contributed by atoms with Crippen molar-refractivity contribution in [2.45, 2.75) is 25.8 Å². The van der Waals surface area contributed by atoms with Gasteiger partial charge in [0.15, 0.2) is 0 Å². The molecule has 1 unspecified atom stereocenters. The number of benzene rings is 1. The molecule has 2 N–H and O–H groups in total. The summed E-state index contributed by atoms with van der Waals surface area (Å²) in [7, 11) is 0. The molecule has 0 saturated heterocycles. The van der Waals surface area contributed by atoms with Crippen LogP contribution in [-0.4, -0.2) is 31.9 Å². The first-order chi connectivity index (χ1) is 10.5. The maximum absolute atomic E-state index is 9.47. The number of hydrogen-bond acceptors (Lipinski definition) is 5. The maximum Gasteiger partial charge on any atom is 0.214 e. The van der Waals surface area contributed by atoms with E-state index in [0.29, 0.717) is 5.02 Å². The third-order valence-electron chi connectivity index (χ3n) is 3.72. The fourth-order valence-electron chi connectivity index (χ4n) is 2.01. The number of hydrogen-bond donors (Lipinski definition) is 2. The number of nitrogens with one attached hydrogen (secondary N) is 1. The summed E-state index contributed by atoms with van der Waals surface area (Å²) in [5.74, 6) is 0. The lowest BCUT2D eigenvalue weighted by molar-refractivity contribution is 0.219. The van der Waals surface area contributed by atoms with Crippen LogP contribution in [0.25, 0.3) is 16.2 Å². The van der Waals surface area contributed by atoms with Crippen LogP contribution in [0, 0.1) is 0 Å². The van der Waals surface area contributed by atoms with Crippen molar-refractivity contribution in [3.8, 4) is 11.3 Å². The predicted molar refractivity (Wildman–Crippen MR) is 90.7 cm³/mol. The molecule has 0 aliphatic heterocycles. The van der Waals surface area contributed by atoms with E-state index in [2.05, 4.69) is 15.4 Å². The van der Waals surface area contributed by atoms with Gasteiger partial charge in [-0.15, -0.1) is 5.10 Å². The van der Waals surface area contributed by atoms with Crippen molar-refractivity contribution in [1.29, 1.82) is 0 Å². The Hall–Kier alpha value is -1.63. The fourth-order valence-corrected chi connectivity index (χ4v) is 3.06. The van der Waals surface area contributed by atoms with E-state index in [0.717, 1.165) is 27.8 Å². The van der Waals surface area contributed by atoms with Gasteiger partial charge >= 0.3 is 0 Å². The molecule has 1 atom stereocenters. The number of rotatable bonds is 5. The number of imidazole rings is 1. The highest BCUT2D eigenvalue weighted by molar-refractivity contribution is 7.20. The van der Waals surface area contributed by atoms with Crippen LogP contribution in [0.3, 0.4) is 0 Å². The summed E-state index contributed by atoms with van der Waals surface area (Å²) in [4.78, 5) is 5.40. The topological polar surface area (TPSA) is 62.5 Å². The molecule has 3 aromatic rings. The molecule has 116 valence electrons. The Morgan fingerprint density at radius 3 is 2.68 bits per heavy atom. The van der Waals surface area contributed by atoms with Gasteiger partial charge in [-0.3, -0.25) is 0 Å². The number of aliphatic hydroxyl groups is 1. The van der Waals surface area contributed by atoms with Crippen molar-refractivity contribution in [2.24, 2.45) is 0 Å². The van der Waals surface area contributed by atoms with Crippen LogP contribution in [0.4, 0.5) is 5.13 Å². The molecule has 2 aromatic heterocycles. The Kier molecular flexibility index (Phi) is 4.08. The minimum atomic E-state index is -0.366. The van der Waals surface area contributed by atoms with Crippen molar-refractivity contribution in [3.05, 3.63) is 35.5 Å². The summed E-state index contributed by atoms with van der Waals surface area (Å²) in [6, 6.07) is 7.57. The molecule has 0 fully saturated rings. The van der Waals surface area contributed by atoms with Gasteiger partial charge in [-0.1, -0.05) is 42.0 Å². The SMILES string of the molecule is CCC(C)(CO)Nc1nn2cc(-c3ccc(Cl)cc3)nc2s1. The molecule has 5 nitrogen and oxygen atoms in total. The number of halogens is 1. The first-order valence-electron chi connectivity index (χ1n) is 7.04. The standard InChI is InChI=1S/C15H17ClN4OS/c1-3-15(2,9-21)18-13-19-20-8-12(17-14(20)22-13)10-4-6-11(16)7-5-10/h4-8,21H,3,9H2,1-2H3,(H,18,19). The van der Waals surface area contributed by atoms with Gasteiger partial charge in [0.1, 0.15) is 0 Å². The average molecular weight is 337 g/mol. The van der Waals surface area contributed by atoms with Gasteiger partial charge in [0.25, 0.3) is 0 Å². The van der Waals surface area contributed by atoms with Crippen molar-refractivity contribution in [2.75, 3.05) is 11.9 Å². The molecular weight excluding hydrogens is 320 g/mol. The van der Waals surface area contributed by atoms with Gasteiger partial charge in [-0.2, -0.15) is 0 Å². The fraction of sp³-hybridized carbons (Fsp3) is 0.333. The largest absolute Gasteiger partial charge is 0.394 e. The van der Waals surface area contributed by atoms with E-state index < -0.39 is 0 Å². The van der Waals surface area contributed by atoms with Crippen molar-refractivity contribution >= 4 is 33.0 Å². The molecule has 7 heteroatoms. The van der Waals surface area contributed by atoms with Gasteiger partial charge < -0.3 is 10.4 Å². The summed E-state index contributed by atoms with van der Waals surface area (Å²) in [6.45, 7) is 4.05. The minimum absolute atomic E-state index is 0.0570. The monoisotopic (exact) mass is 336 g/mol. The molecule has 22 heavy (non-hydrogen) atoms. The highest BCUT2D eigenvalue weighted by atomic mass is 35.5. The van der Waals surface area contributed by atoms with Gasteiger partial charge in [0, 0.05) is 10.6 Å². The molecule has 0 spiro atoms. The first-order valence-corrected chi connectivity index (χ1v) is 8.23. The zero-order valence-corrected chi connectivity index (χ0v) is 13.9. The van der Waals surface area contributed by atoms with Crippen LogP contribution in [-0.2, 0) is 0 Å². The highest BCUT2D eigenvalue weighted by Crippen LogP contribution is 2.27. The molecule has 0 saturated carbocycles. The van der Waals surface area contributed by atoms with Crippen LogP contribution in [0.2, 0.25) is 5.02 Å². The predicted octanol–water partition coefficient (Wildman–Crippen LogP) is 3.68. The van der Waals surface area contributed by atoms with E-state index >= 15 is 0 Å². The summed E-state index contributed by atoms with van der Waals surface area (Å²) in [6.07, 6.45) is 2.70. The van der Waals surface area contributed by atoms with Gasteiger partial charge in [0.2, 0.25) is 10.1 Å². The molecule has 0 amide bonds. The summed E-state index contributed by atoms with van der Waals surface area (Å²) < 4.78 is 1.75. The van der Waals surface area contributed by atoms with Crippen LogP contribution in [0.1, 0.15) is 20.3 Å². The second-order valence-electron chi connectivity index (χ2n) is 5.46. The number of fused-ring (bicyclic) bond motifs is 1. The quantitative estimate of drug-likeness (QED) is 0.746. The zero-order chi connectivity index (χ0) is 15.7. The van der Waals surface area contributed by atoms with E-state index in [4.69, 9.17) is 11.6 Å². The molecule has 0 aliphatic carbocycles. The number of anilines is 1. The molecule has 2 heterocycles. The van der Waals surface area contributed by atoms with Crippen molar-refractivity contribution in [3.63, 3.8) is 0 Å². The molecular formula is C15H17ClN4OS. The Morgan fingerprint density at radius 2 is 2.09 bits per heavy atom. The Morgan fingerprint density at radius 1 is 1.36 bits per heavy atom. The normalized spacial score (nSPS) is 14.2. The first kappa shape index (κ1) is 15.3. The highest BCUT2D eigenvalue weighted by Gasteiger charge is 2.22. The van der Waals surface area contributed by atoms with E-state index in [1.165, 1.54) is 11.3 Å². The molecule has 0 bridgehead atoms. The maximum atomic E-state index is 9.47. The van der Waals surface area contributed by atoms with Crippen LogP contribution in [0.15, 0.2) is 30.5 Å². The average Bonchev–Trinajstić information content (AvgIpc) is 3.06. The molecule has 1 aromatic carbocycles. The zero-order valence-electron chi connectivity index (χ0n) is 12.4. The van der Waals surface area contributed by atoms with Crippen LogP contribution in [0.5, 0.6) is 0 Å². The Bertz CT molecular complexity index is 745. The lowest BCUT2D eigenvalue weighted by Crippen LogP contribution is -2.37. The second kappa shape index (κ2) is 5.87. The summed E-state index contributed by atoms with van der Waals surface area (Å²) in [5, 5.41) is 18.7. The van der Waals surface area contributed by atoms with E-state index in [1.54, 1.807) is 4.52 Å². The van der Waals surface area contributed by atoms with E-state index in [-0.39, 0.29) is 12.1 Å². The molecule has 3 rings (SSSR count). The molecule has 0 radical (unpaired) electrons. The van der Waals surface area contributed by atoms with E-state index in [1.807, 2.05) is 44.3 Å². The Balaban J connectivity index is 1.87. The van der Waals surface area contributed by atoms with Crippen LogP contribution < -0.4 is 5.32 Å². The van der Waals surface area contributed by atoms with Crippen LogP contribution >= 0.6 is 22.9 Å². The summed E-state index contributed by atoms with van der Waals surface area (Å²) in [5.41, 5.74) is 1.50. The van der Waals surface area contributed by atoms with E-state index in [9.17, 15) is 5.11 Å². The number of aliphatic hydroxyl groups excluding tert-OH is 1. The van der Waals surface area contributed by atoms with Gasteiger partial charge in [-0.25, -0.2) is 9.50 Å². The van der Waals surface area contributed by atoms with Crippen molar-refractivity contribution < 1.29 is 5.11 Å². The number of nitrogens with zero attached hydrogens (tertiary/aromatic N) is 3. The second-order valence-corrected chi connectivity index (χ2v) is 6.86. The minimum Gasteiger partial charge on any atom is -0.394 e. The lowest BCUT2D eigenvalue weighted by Gasteiger charge is -2.26. The summed E-state index contributed by atoms with van der Waals surface area (Å²) >= 11 is 7.37. The van der Waals surface area contributed by atoms with Gasteiger partial charge in [-0.05, 0) is 25.5 Å². The smallest absolute Gasteiger partial charge is 0.214 e. The lowest BCUT2D eigenvalue weighted by atomic mass is 10.0. The third-order valence-corrected chi connectivity index (χ3v) is 4.81. The number of aromatic nitrogens is 3. The van der Waals surface area contributed by atoms with Gasteiger partial charge in [0.05, 0.1) is 24.0 Å². The Labute approximate surface area is 137 Å². The third kappa shape index (κ3) is 2.95. The van der Waals surface area contributed by atoms with Crippen molar-refractivity contribution in [1.82, 2.24) is 14.6 Å².